The van der Waals surface area contributed by atoms with Crippen molar-refractivity contribution in [2.24, 2.45) is 0 Å². The number of nitrogens with one attached hydrogen (secondary N) is 2. The molecule has 10 nitrogen and oxygen atoms in total. The van der Waals surface area contributed by atoms with Gasteiger partial charge in [0.25, 0.3) is 0 Å². The Morgan fingerprint density at radius 1 is 0.923 bits per heavy atom. The Morgan fingerprint density at radius 2 is 1.35 bits per heavy atom. The first-order valence-electron chi connectivity index (χ1n) is 7.80. The number of nitrogens with zero attached hydrogens (tertiary/aromatic N) is 3. The van der Waals surface area contributed by atoms with E-state index in [2.05, 4.69) is 18.5 Å². The summed E-state index contributed by atoms with van der Waals surface area (Å²) in [4.78, 5) is 60.7. The van der Waals surface area contributed by atoms with Gasteiger partial charge < -0.3 is 5.32 Å². The van der Waals surface area contributed by atoms with Gasteiger partial charge in [0.1, 0.15) is 6.54 Å². The summed E-state index contributed by atoms with van der Waals surface area (Å²) in [6, 6.07) is -0.763. The van der Waals surface area contributed by atoms with E-state index in [0.29, 0.717) is 4.57 Å². The Labute approximate surface area is 149 Å². The van der Waals surface area contributed by atoms with Gasteiger partial charge in [-0.3, -0.25) is 10.1 Å². The third kappa shape index (κ3) is 5.16. The normalized spacial score (nSPS) is 10.9. The molecule has 0 bridgehead atoms. The van der Waals surface area contributed by atoms with Gasteiger partial charge in [-0.1, -0.05) is 12.2 Å². The molecule has 0 aliphatic heterocycles. The van der Waals surface area contributed by atoms with Gasteiger partial charge in [0, 0.05) is 5.54 Å². The summed E-state index contributed by atoms with van der Waals surface area (Å²) < 4.78 is 2.11. The third-order valence-corrected chi connectivity index (χ3v) is 3.05. The molecule has 2 N–H and O–H groups in total. The summed E-state index contributed by atoms with van der Waals surface area (Å²) in [7, 11) is 0. The average Bonchev–Trinajstić information content (AvgIpc) is 2.50. The van der Waals surface area contributed by atoms with E-state index in [1.165, 1.54) is 12.2 Å². The fraction of sp³-hybridized carbons (Fsp3) is 0.438. The molecular weight excluding hydrogens is 342 g/mol. The number of urea groups is 1. The zero-order chi connectivity index (χ0) is 20.1. The summed E-state index contributed by atoms with van der Waals surface area (Å²) in [6.45, 7) is 11.1. The maximum atomic E-state index is 12.4. The van der Waals surface area contributed by atoms with Crippen LogP contribution in [0, 0.1) is 0 Å². The van der Waals surface area contributed by atoms with Crippen LogP contribution >= 0.6 is 0 Å². The van der Waals surface area contributed by atoms with E-state index >= 15 is 0 Å². The van der Waals surface area contributed by atoms with Gasteiger partial charge in [-0.2, -0.15) is 0 Å². The Bertz CT molecular complexity index is 849. The highest BCUT2D eigenvalue weighted by molar-refractivity contribution is 5.94. The summed E-state index contributed by atoms with van der Waals surface area (Å²) >= 11 is 0. The van der Waals surface area contributed by atoms with Crippen LogP contribution in [0.2, 0.25) is 0 Å². The number of carbonyl (C=O) groups excluding carboxylic acids is 2. The van der Waals surface area contributed by atoms with Crippen LogP contribution in [0.3, 0.4) is 0 Å². The van der Waals surface area contributed by atoms with Gasteiger partial charge in [0.2, 0.25) is 5.91 Å². The molecule has 1 aromatic heterocycles. The van der Waals surface area contributed by atoms with Crippen LogP contribution in [0.15, 0.2) is 39.7 Å². The Balaban J connectivity index is 3.25. The second kappa shape index (κ2) is 8.28. The summed E-state index contributed by atoms with van der Waals surface area (Å²) in [5.41, 5.74) is -3.34. The molecule has 0 aliphatic carbocycles. The third-order valence-electron chi connectivity index (χ3n) is 3.05. The number of hydrogen-bond acceptors (Lipinski definition) is 5. The summed E-state index contributed by atoms with van der Waals surface area (Å²) in [6.07, 6.45) is 2.62. The second-order valence-electron chi connectivity index (χ2n) is 6.48. The first-order valence-corrected chi connectivity index (χ1v) is 7.80. The summed E-state index contributed by atoms with van der Waals surface area (Å²) in [5, 5.41) is 4.55. The van der Waals surface area contributed by atoms with Crippen LogP contribution in [-0.4, -0.2) is 31.2 Å². The smallest absolute Gasteiger partial charge is 0.333 e. The topological polar surface area (TPSA) is 124 Å². The van der Waals surface area contributed by atoms with Crippen molar-refractivity contribution in [2.45, 2.75) is 45.9 Å². The molecule has 0 aromatic carbocycles. The zero-order valence-electron chi connectivity index (χ0n) is 15.1. The Hall–Kier alpha value is -3.17. The van der Waals surface area contributed by atoms with Crippen molar-refractivity contribution in [1.82, 2.24) is 24.3 Å². The number of hydrogen-bond donors (Lipinski definition) is 2. The number of carbonyl (C=O) groups is 2. The van der Waals surface area contributed by atoms with Crippen molar-refractivity contribution in [3.8, 4) is 0 Å². The number of imide groups is 1. The predicted molar refractivity (Wildman–Crippen MR) is 96.0 cm³/mol. The minimum atomic E-state index is -0.966. The Kier molecular flexibility index (Phi) is 6.64. The second-order valence-corrected chi connectivity index (χ2v) is 6.48. The molecule has 1 aromatic rings. The van der Waals surface area contributed by atoms with E-state index < -0.39 is 41.1 Å². The molecule has 0 atom stereocenters. The fourth-order valence-corrected chi connectivity index (χ4v) is 2.07. The molecule has 0 radical (unpaired) electrons. The van der Waals surface area contributed by atoms with Gasteiger partial charge in [-0.15, -0.1) is 13.2 Å². The number of rotatable bonds is 6. The Morgan fingerprint density at radius 3 is 1.73 bits per heavy atom. The largest absolute Gasteiger partial charge is 0.337 e. The molecule has 0 saturated heterocycles. The highest BCUT2D eigenvalue weighted by Gasteiger charge is 2.19. The zero-order valence-corrected chi connectivity index (χ0v) is 15.1. The fourth-order valence-electron chi connectivity index (χ4n) is 2.07. The molecule has 0 aliphatic rings. The monoisotopic (exact) mass is 365 g/mol. The van der Waals surface area contributed by atoms with E-state index in [1.54, 1.807) is 20.8 Å². The lowest BCUT2D eigenvalue weighted by atomic mass is 10.1. The van der Waals surface area contributed by atoms with Crippen LogP contribution in [0.4, 0.5) is 4.79 Å². The highest BCUT2D eigenvalue weighted by atomic mass is 16.2. The van der Waals surface area contributed by atoms with Crippen molar-refractivity contribution < 1.29 is 9.59 Å². The molecule has 0 fully saturated rings. The van der Waals surface area contributed by atoms with Crippen LogP contribution in [0.1, 0.15) is 20.8 Å². The average molecular weight is 365 g/mol. The maximum Gasteiger partial charge on any atom is 0.337 e. The van der Waals surface area contributed by atoms with Crippen molar-refractivity contribution in [3.05, 3.63) is 56.8 Å². The van der Waals surface area contributed by atoms with Crippen molar-refractivity contribution in [3.63, 3.8) is 0 Å². The van der Waals surface area contributed by atoms with E-state index in [4.69, 9.17) is 0 Å². The molecule has 0 unspecified atom stereocenters. The first kappa shape index (κ1) is 20.9. The molecule has 142 valence electrons. The number of amides is 3. The van der Waals surface area contributed by atoms with E-state index in [0.717, 1.165) is 9.13 Å². The number of allylic oxidation sites excluding steroid dienone is 2. The standard InChI is InChI=1S/C16H23N5O5/c1-6-8-19-13(24)20(9-7-2)15(26)21(14(19)25)10-11(22)17-12(23)18-16(3,4)5/h6-7H,1-2,8-10H2,3-5H3,(H2,17,18,22,23). The molecule has 0 saturated carbocycles. The van der Waals surface area contributed by atoms with Crippen LogP contribution < -0.4 is 27.7 Å². The SMILES string of the molecule is C=CCn1c(=O)n(CC=C)c(=O)n(CC(=O)NC(=O)NC(C)(C)C)c1=O. The molecule has 10 heteroatoms. The molecular formula is C16H23N5O5. The lowest BCUT2D eigenvalue weighted by Gasteiger charge is -2.20. The van der Waals surface area contributed by atoms with Gasteiger partial charge >= 0.3 is 23.1 Å². The van der Waals surface area contributed by atoms with E-state index in [9.17, 15) is 24.0 Å². The number of aromatic nitrogens is 3. The minimum Gasteiger partial charge on any atom is -0.333 e. The molecule has 0 spiro atoms. The quantitative estimate of drug-likeness (QED) is 0.637. The van der Waals surface area contributed by atoms with Gasteiger partial charge in [-0.05, 0) is 20.8 Å². The highest BCUT2D eigenvalue weighted by Crippen LogP contribution is 1.97. The molecule has 1 heterocycles. The summed E-state index contributed by atoms with van der Waals surface area (Å²) in [5.74, 6) is -0.875. The minimum absolute atomic E-state index is 0.138. The molecule has 1 rings (SSSR count). The van der Waals surface area contributed by atoms with Crippen molar-refractivity contribution >= 4 is 11.9 Å². The van der Waals surface area contributed by atoms with Crippen LogP contribution in [0.5, 0.6) is 0 Å². The lowest BCUT2D eigenvalue weighted by molar-refractivity contribution is -0.120. The van der Waals surface area contributed by atoms with Gasteiger partial charge in [0.15, 0.2) is 0 Å². The van der Waals surface area contributed by atoms with E-state index in [1.807, 2.05) is 5.32 Å². The van der Waals surface area contributed by atoms with E-state index in [-0.39, 0.29) is 13.1 Å². The maximum absolute atomic E-state index is 12.4. The molecule has 26 heavy (non-hydrogen) atoms. The molecule has 3 amide bonds. The van der Waals surface area contributed by atoms with Crippen LogP contribution in [0.25, 0.3) is 0 Å². The van der Waals surface area contributed by atoms with Crippen molar-refractivity contribution in [1.29, 1.82) is 0 Å². The van der Waals surface area contributed by atoms with Crippen LogP contribution in [-0.2, 0) is 24.4 Å². The van der Waals surface area contributed by atoms with Gasteiger partial charge in [-0.25, -0.2) is 32.9 Å². The predicted octanol–water partition coefficient (Wildman–Crippen LogP) is -0.832. The lowest BCUT2D eigenvalue weighted by Crippen LogP contribution is -2.56. The first-order chi connectivity index (χ1) is 12.0. The van der Waals surface area contributed by atoms with Crippen molar-refractivity contribution in [2.75, 3.05) is 0 Å². The van der Waals surface area contributed by atoms with Gasteiger partial charge in [0.05, 0.1) is 13.1 Å².